The molecule has 0 aliphatic carbocycles. The SMILES string of the molecule is Cc1ccc(-n2c(SCC(=O)NNC(=O)c3ccccc3F)nnc2-c2ccc(Cl)cc2)cc1. The predicted octanol–water partition coefficient (Wildman–Crippen LogP) is 4.59. The maximum absolute atomic E-state index is 13.7. The monoisotopic (exact) mass is 495 g/mol. The fourth-order valence-electron chi connectivity index (χ4n) is 3.08. The van der Waals surface area contributed by atoms with Crippen LogP contribution in [0.1, 0.15) is 15.9 Å². The lowest BCUT2D eigenvalue weighted by atomic mass is 10.2. The smallest absolute Gasteiger partial charge is 0.272 e. The van der Waals surface area contributed by atoms with Crippen molar-refractivity contribution in [2.75, 3.05) is 5.75 Å². The summed E-state index contributed by atoms with van der Waals surface area (Å²) in [5, 5.41) is 9.68. The summed E-state index contributed by atoms with van der Waals surface area (Å²) in [7, 11) is 0. The Morgan fingerprint density at radius 2 is 1.68 bits per heavy atom. The van der Waals surface area contributed by atoms with Crippen molar-refractivity contribution in [3.63, 3.8) is 0 Å². The lowest BCUT2D eigenvalue weighted by Crippen LogP contribution is -2.42. The van der Waals surface area contributed by atoms with Gasteiger partial charge in [0, 0.05) is 16.3 Å². The van der Waals surface area contributed by atoms with E-state index in [1.807, 2.05) is 47.9 Å². The van der Waals surface area contributed by atoms with Crippen LogP contribution in [0, 0.1) is 12.7 Å². The molecule has 0 saturated heterocycles. The average Bonchev–Trinajstić information content (AvgIpc) is 3.26. The second kappa shape index (κ2) is 10.5. The Labute approximate surface area is 204 Å². The summed E-state index contributed by atoms with van der Waals surface area (Å²) in [5.41, 5.74) is 7.09. The normalized spacial score (nSPS) is 10.7. The lowest BCUT2D eigenvalue weighted by Gasteiger charge is -2.11. The molecule has 172 valence electrons. The number of hydrogen-bond donors (Lipinski definition) is 2. The highest BCUT2D eigenvalue weighted by atomic mass is 35.5. The number of hydrogen-bond acceptors (Lipinski definition) is 5. The quantitative estimate of drug-likeness (QED) is 0.302. The van der Waals surface area contributed by atoms with Gasteiger partial charge in [0.05, 0.1) is 11.3 Å². The number of carbonyl (C=O) groups excluding carboxylic acids is 2. The molecule has 2 amide bonds. The first-order valence-electron chi connectivity index (χ1n) is 10.2. The Kier molecular flexibility index (Phi) is 7.24. The van der Waals surface area contributed by atoms with Crippen molar-refractivity contribution in [3.05, 3.63) is 94.8 Å². The minimum atomic E-state index is -0.746. The summed E-state index contributed by atoms with van der Waals surface area (Å²) in [5.74, 6) is -1.37. The van der Waals surface area contributed by atoms with Crippen LogP contribution in [0.15, 0.2) is 78.0 Å². The topological polar surface area (TPSA) is 88.9 Å². The van der Waals surface area contributed by atoms with Gasteiger partial charge in [0.2, 0.25) is 5.91 Å². The van der Waals surface area contributed by atoms with Crippen molar-refractivity contribution in [3.8, 4) is 17.1 Å². The molecule has 0 aliphatic rings. The van der Waals surface area contributed by atoms with Gasteiger partial charge in [-0.3, -0.25) is 25.0 Å². The van der Waals surface area contributed by atoms with Gasteiger partial charge in [-0.15, -0.1) is 10.2 Å². The standard InChI is InChI=1S/C24H19ClFN5O2S/c1-15-6-12-18(13-7-15)31-22(16-8-10-17(25)11-9-16)28-30-24(31)34-14-21(32)27-29-23(33)19-4-2-3-5-20(19)26/h2-13H,14H2,1H3,(H,27,32)(H,29,33). The molecule has 0 fully saturated rings. The van der Waals surface area contributed by atoms with Gasteiger partial charge < -0.3 is 0 Å². The molecule has 2 N–H and O–H groups in total. The number of aryl methyl sites for hydroxylation is 1. The molecule has 34 heavy (non-hydrogen) atoms. The first kappa shape index (κ1) is 23.5. The fourth-order valence-corrected chi connectivity index (χ4v) is 3.96. The second-order valence-corrected chi connectivity index (χ2v) is 8.63. The van der Waals surface area contributed by atoms with Gasteiger partial charge >= 0.3 is 0 Å². The maximum Gasteiger partial charge on any atom is 0.272 e. The van der Waals surface area contributed by atoms with Crippen LogP contribution < -0.4 is 10.9 Å². The molecule has 0 atom stereocenters. The average molecular weight is 496 g/mol. The van der Waals surface area contributed by atoms with E-state index in [2.05, 4.69) is 21.0 Å². The summed E-state index contributed by atoms with van der Waals surface area (Å²) < 4.78 is 15.6. The van der Waals surface area contributed by atoms with Crippen LogP contribution in [-0.4, -0.2) is 32.3 Å². The number of nitrogens with zero attached hydrogens (tertiary/aromatic N) is 3. The molecule has 1 aromatic heterocycles. The number of carbonyl (C=O) groups is 2. The van der Waals surface area contributed by atoms with Crippen molar-refractivity contribution >= 4 is 35.2 Å². The van der Waals surface area contributed by atoms with E-state index >= 15 is 0 Å². The molecule has 4 aromatic rings. The van der Waals surface area contributed by atoms with Crippen LogP contribution in [0.4, 0.5) is 4.39 Å². The summed E-state index contributed by atoms with van der Waals surface area (Å²) >= 11 is 7.17. The van der Waals surface area contributed by atoms with E-state index in [1.54, 1.807) is 12.1 Å². The van der Waals surface area contributed by atoms with Gasteiger partial charge in [0.15, 0.2) is 11.0 Å². The van der Waals surface area contributed by atoms with Crippen LogP contribution >= 0.6 is 23.4 Å². The Bertz CT molecular complexity index is 1330. The van der Waals surface area contributed by atoms with Gasteiger partial charge in [0.25, 0.3) is 5.91 Å². The summed E-state index contributed by atoms with van der Waals surface area (Å²) in [4.78, 5) is 24.4. The molecule has 0 radical (unpaired) electrons. The van der Waals surface area contributed by atoms with E-state index in [4.69, 9.17) is 11.6 Å². The Hall–Kier alpha value is -3.69. The van der Waals surface area contributed by atoms with E-state index < -0.39 is 17.6 Å². The highest BCUT2D eigenvalue weighted by Gasteiger charge is 2.18. The van der Waals surface area contributed by atoms with Gasteiger partial charge in [-0.25, -0.2) is 4.39 Å². The number of amides is 2. The van der Waals surface area contributed by atoms with E-state index in [0.717, 1.165) is 28.6 Å². The van der Waals surface area contributed by atoms with Crippen LogP contribution in [0.3, 0.4) is 0 Å². The van der Waals surface area contributed by atoms with Gasteiger partial charge in [-0.05, 0) is 55.5 Å². The zero-order valence-corrected chi connectivity index (χ0v) is 19.5. The van der Waals surface area contributed by atoms with Gasteiger partial charge in [-0.2, -0.15) is 0 Å². The molecule has 0 saturated carbocycles. The third-order valence-corrected chi connectivity index (χ3v) is 5.98. The van der Waals surface area contributed by atoms with Crippen molar-refractivity contribution in [1.82, 2.24) is 25.6 Å². The van der Waals surface area contributed by atoms with Gasteiger partial charge in [0.1, 0.15) is 5.82 Å². The molecular formula is C24H19ClFN5O2S. The van der Waals surface area contributed by atoms with Crippen molar-refractivity contribution in [1.29, 1.82) is 0 Å². The largest absolute Gasteiger partial charge is 0.272 e. The number of aromatic nitrogens is 3. The van der Waals surface area contributed by atoms with E-state index in [-0.39, 0.29) is 11.3 Å². The molecule has 7 nitrogen and oxygen atoms in total. The van der Waals surface area contributed by atoms with Crippen molar-refractivity contribution in [2.45, 2.75) is 12.1 Å². The summed E-state index contributed by atoms with van der Waals surface area (Å²) in [6.07, 6.45) is 0. The van der Waals surface area contributed by atoms with Crippen LogP contribution in [-0.2, 0) is 4.79 Å². The molecular weight excluding hydrogens is 477 g/mol. The minimum Gasteiger partial charge on any atom is -0.272 e. The van der Waals surface area contributed by atoms with Gasteiger partial charge in [-0.1, -0.05) is 53.2 Å². The van der Waals surface area contributed by atoms with Crippen molar-refractivity contribution < 1.29 is 14.0 Å². The number of thioether (sulfide) groups is 1. The first-order valence-corrected chi connectivity index (χ1v) is 11.5. The van der Waals surface area contributed by atoms with E-state index in [9.17, 15) is 14.0 Å². The van der Waals surface area contributed by atoms with E-state index in [1.165, 1.54) is 24.3 Å². The third kappa shape index (κ3) is 5.44. The molecule has 0 unspecified atom stereocenters. The molecule has 1 heterocycles. The molecule has 0 spiro atoms. The number of rotatable bonds is 6. The molecule has 4 rings (SSSR count). The summed E-state index contributed by atoms with van der Waals surface area (Å²) in [6, 6.07) is 20.6. The predicted molar refractivity (Wildman–Crippen MR) is 129 cm³/mol. The fraction of sp³-hybridized carbons (Fsp3) is 0.0833. The Balaban J connectivity index is 1.49. The zero-order valence-electron chi connectivity index (χ0n) is 18.0. The van der Waals surface area contributed by atoms with Crippen molar-refractivity contribution in [2.24, 2.45) is 0 Å². The summed E-state index contributed by atoms with van der Waals surface area (Å²) in [6.45, 7) is 1.99. The second-order valence-electron chi connectivity index (χ2n) is 7.25. The number of nitrogens with one attached hydrogen (secondary N) is 2. The molecule has 0 aliphatic heterocycles. The third-order valence-electron chi connectivity index (χ3n) is 4.79. The highest BCUT2D eigenvalue weighted by molar-refractivity contribution is 7.99. The number of halogens is 2. The number of hydrazine groups is 1. The Morgan fingerprint density at radius 1 is 0.971 bits per heavy atom. The minimum absolute atomic E-state index is 0.0534. The molecule has 3 aromatic carbocycles. The van der Waals surface area contributed by atoms with Crippen LogP contribution in [0.2, 0.25) is 5.02 Å². The number of benzene rings is 3. The van der Waals surface area contributed by atoms with Crippen LogP contribution in [0.5, 0.6) is 0 Å². The highest BCUT2D eigenvalue weighted by Crippen LogP contribution is 2.28. The zero-order chi connectivity index (χ0) is 24.1. The maximum atomic E-state index is 13.7. The van der Waals surface area contributed by atoms with E-state index in [0.29, 0.717) is 16.0 Å². The first-order chi connectivity index (χ1) is 16.4. The molecule has 0 bridgehead atoms. The molecule has 10 heteroatoms. The lowest BCUT2D eigenvalue weighted by molar-refractivity contribution is -0.119. The van der Waals surface area contributed by atoms with Crippen LogP contribution in [0.25, 0.3) is 17.1 Å². The Morgan fingerprint density at radius 3 is 2.38 bits per heavy atom.